The number of oxime groups is 1. The summed E-state index contributed by atoms with van der Waals surface area (Å²) in [5.41, 5.74) is 16.3. The summed E-state index contributed by atoms with van der Waals surface area (Å²) in [7, 11) is 1.71. The van der Waals surface area contributed by atoms with Gasteiger partial charge in [-0.25, -0.2) is 19.1 Å². The number of fused-ring (bicyclic) bond motifs is 2. The van der Waals surface area contributed by atoms with Crippen LogP contribution in [0.4, 0.5) is 16.9 Å². The molecule has 45 heavy (non-hydrogen) atoms. The van der Waals surface area contributed by atoms with Crippen molar-refractivity contribution in [2.24, 2.45) is 12.2 Å². The van der Waals surface area contributed by atoms with E-state index in [0.717, 1.165) is 16.2 Å². The molecule has 3 aromatic rings. The van der Waals surface area contributed by atoms with Gasteiger partial charge in [0.05, 0.1) is 7.05 Å². The standard InChI is InChI=1S/C24H27N11O7S3/c1-4-24(2,20(40)41)42-32-13(10-8-44-22(27)28-10)16(36)30-14-17(37)34-15(19(38)39)9(6-43-18(14)34)7-45-23-29-11(25)5-12-33(3)21(26)31-35(12)23/h5,8,14,18,25H,4,6-7H2,1-3H3,(H7,26,27,28,30,31,36,38,39,40,41)/p+1/b32-13-/t14?,18-,24?/m1/s1. The highest BCUT2D eigenvalue weighted by Crippen LogP contribution is 2.41. The molecule has 2 aliphatic rings. The lowest BCUT2D eigenvalue weighted by Crippen LogP contribution is -2.71. The number of nitrogen functional groups attached to an aromatic ring is 3. The van der Waals surface area contributed by atoms with Gasteiger partial charge in [-0.1, -0.05) is 28.4 Å². The number of carbonyl (C=O) groups is 4. The number of nitrogens with zero attached hydrogens (tertiary/aromatic N) is 7. The van der Waals surface area contributed by atoms with Gasteiger partial charge in [-0.2, -0.15) is 4.98 Å². The highest BCUT2D eigenvalue weighted by molar-refractivity contribution is 8.01. The molecule has 5 rings (SSSR count). The first-order valence-corrected chi connectivity index (χ1v) is 16.0. The highest BCUT2D eigenvalue weighted by Gasteiger charge is 2.54. The van der Waals surface area contributed by atoms with E-state index in [0.29, 0.717) is 16.4 Å². The lowest BCUT2D eigenvalue weighted by atomic mass is 10.0. The van der Waals surface area contributed by atoms with E-state index in [1.54, 1.807) is 24.6 Å². The number of carboxylic acids is 2. The molecule has 0 bridgehead atoms. The molecular weight excluding hydrogens is 651 g/mol. The highest BCUT2D eigenvalue weighted by atomic mass is 32.2. The number of aromatic nitrogens is 5. The van der Waals surface area contributed by atoms with Crippen LogP contribution >= 0.6 is 34.9 Å². The molecule has 2 amide bonds. The number of anilines is 3. The van der Waals surface area contributed by atoms with Gasteiger partial charge >= 0.3 is 17.9 Å². The van der Waals surface area contributed by atoms with Crippen molar-refractivity contribution in [2.75, 3.05) is 28.7 Å². The second-order valence-corrected chi connectivity index (χ2v) is 13.0. The average Bonchev–Trinajstić information content (AvgIpc) is 3.55. The van der Waals surface area contributed by atoms with Gasteiger partial charge in [-0.15, -0.1) is 23.1 Å². The van der Waals surface area contributed by atoms with E-state index in [4.69, 9.17) is 22.0 Å². The first kappa shape index (κ1) is 31.8. The number of thioether (sulfide) groups is 2. The number of nitrogens with one attached hydrogen (secondary N) is 1. The number of hydrogen-bond donors (Lipinski definition) is 6. The van der Waals surface area contributed by atoms with Crippen LogP contribution in [-0.2, 0) is 31.1 Å². The molecule has 1 saturated heterocycles. The minimum absolute atomic E-state index is 0.0148. The van der Waals surface area contributed by atoms with Gasteiger partial charge in [0.15, 0.2) is 10.8 Å². The monoisotopic (exact) mass is 678 g/mol. The third-order valence-electron chi connectivity index (χ3n) is 7.15. The van der Waals surface area contributed by atoms with Crippen molar-refractivity contribution in [1.82, 2.24) is 29.8 Å². The molecule has 0 radical (unpaired) electrons. The Balaban J connectivity index is 1.36. The van der Waals surface area contributed by atoms with Crippen molar-refractivity contribution in [1.29, 1.82) is 0 Å². The van der Waals surface area contributed by atoms with E-state index in [1.807, 2.05) is 0 Å². The first-order valence-electron chi connectivity index (χ1n) is 13.1. The number of carboxylic acid groups (broad SMARTS) is 2. The van der Waals surface area contributed by atoms with Gasteiger partial charge in [0.2, 0.25) is 16.4 Å². The lowest BCUT2D eigenvalue weighted by Gasteiger charge is -2.49. The molecule has 0 spiro atoms. The maximum Gasteiger partial charge on any atom is 0.376 e. The molecule has 9 N–H and O–H groups in total. The van der Waals surface area contributed by atoms with E-state index in [-0.39, 0.29) is 46.2 Å². The smallest absolute Gasteiger partial charge is 0.376 e. The molecule has 238 valence electrons. The van der Waals surface area contributed by atoms with Crippen LogP contribution in [0, 0.1) is 0 Å². The Labute approximate surface area is 266 Å². The summed E-state index contributed by atoms with van der Waals surface area (Å²) in [5, 5.41) is 31.4. The topological polar surface area (TPSA) is 271 Å². The molecular formula is C24H28N11O7S3+. The van der Waals surface area contributed by atoms with Gasteiger partial charge in [0, 0.05) is 28.1 Å². The number of hydrogen-bond acceptors (Lipinski definition) is 15. The number of aryl methyl sites for hydroxylation is 1. The van der Waals surface area contributed by atoms with E-state index in [1.165, 1.54) is 40.3 Å². The molecule has 1 fully saturated rings. The van der Waals surface area contributed by atoms with Gasteiger partial charge < -0.3 is 37.6 Å². The summed E-state index contributed by atoms with van der Waals surface area (Å²) < 4.78 is 3.12. The van der Waals surface area contributed by atoms with Crippen LogP contribution in [0.25, 0.3) is 5.65 Å². The van der Waals surface area contributed by atoms with Gasteiger partial charge in [-0.3, -0.25) is 14.5 Å². The molecule has 3 aromatic heterocycles. The molecule has 0 saturated carbocycles. The fourth-order valence-corrected chi connectivity index (χ4v) is 7.34. The normalized spacial score (nSPS) is 19.6. The second-order valence-electron chi connectivity index (χ2n) is 10.0. The average molecular weight is 679 g/mol. The minimum atomic E-state index is -1.74. The van der Waals surface area contributed by atoms with Crippen molar-refractivity contribution in [3.8, 4) is 0 Å². The van der Waals surface area contributed by atoms with Crippen LogP contribution in [0.2, 0.25) is 0 Å². The van der Waals surface area contributed by atoms with Crippen molar-refractivity contribution in [2.45, 2.75) is 42.4 Å². The van der Waals surface area contributed by atoms with Crippen LogP contribution in [-0.4, -0.2) is 92.7 Å². The van der Waals surface area contributed by atoms with E-state index >= 15 is 0 Å². The number of nitrogens with two attached hydrogens (primary N) is 3. The minimum Gasteiger partial charge on any atom is -0.478 e. The zero-order valence-electron chi connectivity index (χ0n) is 24.0. The van der Waals surface area contributed by atoms with E-state index < -0.39 is 46.5 Å². The van der Waals surface area contributed by atoms with Gasteiger partial charge in [-0.05, 0) is 18.9 Å². The molecule has 0 aromatic carbocycles. The SMILES string of the molecule is CCC(C)(O/N=C(\C(=O)NC1C(=O)N2C(C(=O)O)=C(CSc3nc(N)cc4n3nc(N)[n+]4C)CS[C@H]12)c1csc(N)n1)C(=O)O. The summed E-state index contributed by atoms with van der Waals surface area (Å²) in [4.78, 5) is 65.4. The number of carbonyl (C=O) groups excluding carboxylic acids is 2. The van der Waals surface area contributed by atoms with Gasteiger partial charge in [0.1, 0.15) is 28.6 Å². The Morgan fingerprint density at radius 3 is 2.64 bits per heavy atom. The zero-order chi connectivity index (χ0) is 32.8. The quantitative estimate of drug-likeness (QED) is 0.0364. The van der Waals surface area contributed by atoms with Crippen LogP contribution in [0.3, 0.4) is 0 Å². The summed E-state index contributed by atoms with van der Waals surface area (Å²) in [6.45, 7) is 2.87. The maximum atomic E-state index is 13.4. The fourth-order valence-electron chi connectivity index (χ4n) is 4.35. The predicted molar refractivity (Wildman–Crippen MR) is 164 cm³/mol. The summed E-state index contributed by atoms with van der Waals surface area (Å²) >= 11 is 3.46. The predicted octanol–water partition coefficient (Wildman–Crippen LogP) is -0.738. The largest absolute Gasteiger partial charge is 0.478 e. The number of β-lactam (4-membered cyclic amide) rings is 1. The van der Waals surface area contributed by atoms with Crippen LogP contribution in [0.1, 0.15) is 26.0 Å². The molecule has 5 heterocycles. The number of thiazole rings is 1. The fraction of sp³-hybridized carbons (Fsp3) is 0.375. The molecule has 3 atom stereocenters. The molecule has 2 aliphatic heterocycles. The van der Waals surface area contributed by atoms with Crippen molar-refractivity contribution in [3.63, 3.8) is 0 Å². The van der Waals surface area contributed by atoms with E-state index in [9.17, 15) is 29.4 Å². The lowest BCUT2D eigenvalue weighted by molar-refractivity contribution is -0.631. The summed E-state index contributed by atoms with van der Waals surface area (Å²) in [6, 6.07) is 0.496. The van der Waals surface area contributed by atoms with E-state index in [2.05, 4.69) is 25.5 Å². The third-order valence-corrected chi connectivity index (χ3v) is 10.2. The van der Waals surface area contributed by atoms with Crippen LogP contribution in [0.5, 0.6) is 0 Å². The van der Waals surface area contributed by atoms with Gasteiger partial charge in [0.25, 0.3) is 11.8 Å². The Morgan fingerprint density at radius 2 is 2.02 bits per heavy atom. The number of rotatable bonds is 11. The number of amides is 2. The molecule has 18 nitrogen and oxygen atoms in total. The Kier molecular flexibility index (Phi) is 8.51. The van der Waals surface area contributed by atoms with Crippen LogP contribution in [0.15, 0.2) is 33.0 Å². The Bertz CT molecular complexity index is 1810. The van der Waals surface area contributed by atoms with Crippen molar-refractivity contribution >= 4 is 86.9 Å². The van der Waals surface area contributed by atoms with Crippen molar-refractivity contribution in [3.05, 3.63) is 28.4 Å². The Hall–Kier alpha value is -4.63. The van der Waals surface area contributed by atoms with Crippen LogP contribution < -0.4 is 27.1 Å². The first-order chi connectivity index (χ1) is 21.2. The third kappa shape index (κ3) is 5.80. The van der Waals surface area contributed by atoms with Crippen molar-refractivity contribution < 1.29 is 38.8 Å². The Morgan fingerprint density at radius 1 is 1.29 bits per heavy atom. The summed E-state index contributed by atoms with van der Waals surface area (Å²) in [6.07, 6.45) is 0.0346. The molecule has 0 aliphatic carbocycles. The molecule has 2 unspecified atom stereocenters. The molecule has 21 heteroatoms. The number of aliphatic carboxylic acids is 2. The summed E-state index contributed by atoms with van der Waals surface area (Å²) in [5.74, 6) is -3.31. The zero-order valence-corrected chi connectivity index (χ0v) is 26.4. The maximum absolute atomic E-state index is 13.4. The second kappa shape index (κ2) is 12.0.